The molecule has 0 aromatic carbocycles. The summed E-state index contributed by atoms with van der Waals surface area (Å²) in [4.78, 5) is 14.8. The Hall–Kier alpha value is -0.570. The Morgan fingerprint density at radius 1 is 1.08 bits per heavy atom. The molecule has 1 aliphatic carbocycles. The van der Waals surface area contributed by atoms with E-state index in [-0.39, 0.29) is 5.66 Å². The monoisotopic (exact) mass is 184 g/mol. The van der Waals surface area contributed by atoms with Crippen LogP contribution < -0.4 is 0 Å². The molecule has 76 valence electrons. The normalized spacial score (nSPS) is 21.5. The van der Waals surface area contributed by atoms with Gasteiger partial charge in [-0.3, -0.25) is 9.69 Å². The summed E-state index contributed by atoms with van der Waals surface area (Å²) in [5.74, 6) is 0. The first-order chi connectivity index (χ1) is 6.13. The van der Waals surface area contributed by atoms with E-state index in [4.69, 9.17) is 0 Å². The Kier molecular flexibility index (Phi) is 3.31. The molecule has 0 aromatic heterocycles. The molecule has 3 heteroatoms. The number of carbonyl (C=O) groups is 1. The van der Waals surface area contributed by atoms with Crippen molar-refractivity contribution in [3.8, 4) is 0 Å². The van der Waals surface area contributed by atoms with Crippen molar-refractivity contribution in [1.29, 1.82) is 0 Å². The molecule has 0 heterocycles. The van der Waals surface area contributed by atoms with Crippen LogP contribution in [0.4, 0.5) is 0 Å². The number of amides is 1. The maximum Gasteiger partial charge on any atom is 0.210 e. The summed E-state index contributed by atoms with van der Waals surface area (Å²) in [5, 5.41) is 0. The van der Waals surface area contributed by atoms with Crippen LogP contribution >= 0.6 is 0 Å². The fourth-order valence-corrected chi connectivity index (χ4v) is 2.33. The van der Waals surface area contributed by atoms with E-state index >= 15 is 0 Å². The highest BCUT2D eigenvalue weighted by atomic mass is 16.1. The SMILES string of the molecule is CN(C)C1(N(C)C=O)CCCCC1. The zero-order chi connectivity index (χ0) is 9.90. The van der Waals surface area contributed by atoms with E-state index in [9.17, 15) is 4.79 Å². The average molecular weight is 184 g/mol. The van der Waals surface area contributed by atoms with E-state index in [0.717, 1.165) is 19.3 Å². The molecular formula is C10H20N2O. The van der Waals surface area contributed by atoms with E-state index in [0.29, 0.717) is 0 Å². The van der Waals surface area contributed by atoms with Gasteiger partial charge in [0.2, 0.25) is 6.41 Å². The summed E-state index contributed by atoms with van der Waals surface area (Å²) in [6.07, 6.45) is 6.94. The quantitative estimate of drug-likeness (QED) is 0.487. The van der Waals surface area contributed by atoms with Crippen molar-refractivity contribution >= 4 is 6.41 Å². The standard InChI is InChI=1S/C10H20N2O/c1-11(2)10(12(3)9-13)7-5-4-6-8-10/h9H,4-8H2,1-3H3. The highest BCUT2D eigenvalue weighted by molar-refractivity contribution is 5.48. The summed E-state index contributed by atoms with van der Waals surface area (Å²) >= 11 is 0. The molecule has 1 amide bonds. The minimum absolute atomic E-state index is 0.0139. The molecule has 0 N–H and O–H groups in total. The Morgan fingerprint density at radius 2 is 1.62 bits per heavy atom. The van der Waals surface area contributed by atoms with Gasteiger partial charge in [0.1, 0.15) is 0 Å². The second kappa shape index (κ2) is 4.09. The summed E-state index contributed by atoms with van der Waals surface area (Å²) in [6.45, 7) is 0. The topological polar surface area (TPSA) is 23.6 Å². The van der Waals surface area contributed by atoms with Gasteiger partial charge in [-0.05, 0) is 39.8 Å². The molecule has 3 nitrogen and oxygen atoms in total. The van der Waals surface area contributed by atoms with Gasteiger partial charge in [0.25, 0.3) is 0 Å². The summed E-state index contributed by atoms with van der Waals surface area (Å²) in [7, 11) is 6.01. The second-order valence-electron chi connectivity index (χ2n) is 4.15. The third-order valence-electron chi connectivity index (χ3n) is 3.30. The fraction of sp³-hybridized carbons (Fsp3) is 0.900. The van der Waals surface area contributed by atoms with Crippen molar-refractivity contribution < 1.29 is 4.79 Å². The van der Waals surface area contributed by atoms with E-state index in [2.05, 4.69) is 19.0 Å². The number of nitrogens with zero attached hydrogens (tertiary/aromatic N) is 2. The van der Waals surface area contributed by atoms with Gasteiger partial charge in [0.15, 0.2) is 0 Å². The molecule has 0 atom stereocenters. The Morgan fingerprint density at radius 3 is 2.00 bits per heavy atom. The van der Waals surface area contributed by atoms with Crippen LogP contribution in [-0.4, -0.2) is 43.0 Å². The van der Waals surface area contributed by atoms with Gasteiger partial charge in [-0.2, -0.15) is 0 Å². The van der Waals surface area contributed by atoms with Crippen LogP contribution in [0.2, 0.25) is 0 Å². The first-order valence-electron chi connectivity index (χ1n) is 4.99. The Bertz CT molecular complexity index is 174. The van der Waals surface area contributed by atoms with Gasteiger partial charge in [-0.15, -0.1) is 0 Å². The van der Waals surface area contributed by atoms with Crippen molar-refractivity contribution in [3.63, 3.8) is 0 Å². The molecule has 0 aromatic rings. The van der Waals surface area contributed by atoms with Crippen molar-refractivity contribution in [2.45, 2.75) is 37.8 Å². The van der Waals surface area contributed by atoms with Crippen molar-refractivity contribution in [3.05, 3.63) is 0 Å². The van der Waals surface area contributed by atoms with E-state index < -0.39 is 0 Å². The third kappa shape index (κ3) is 1.85. The second-order valence-corrected chi connectivity index (χ2v) is 4.15. The lowest BCUT2D eigenvalue weighted by atomic mass is 9.87. The molecule has 1 fully saturated rings. The lowest BCUT2D eigenvalue weighted by molar-refractivity contribution is -0.132. The molecule has 0 saturated heterocycles. The van der Waals surface area contributed by atoms with Crippen molar-refractivity contribution in [2.24, 2.45) is 0 Å². The third-order valence-corrected chi connectivity index (χ3v) is 3.30. The number of rotatable bonds is 3. The van der Waals surface area contributed by atoms with E-state index in [1.165, 1.54) is 19.3 Å². The molecule has 13 heavy (non-hydrogen) atoms. The summed E-state index contributed by atoms with van der Waals surface area (Å²) in [6, 6.07) is 0. The van der Waals surface area contributed by atoms with E-state index in [1.54, 1.807) is 0 Å². The number of carbonyl (C=O) groups excluding carboxylic acids is 1. The molecule has 1 rings (SSSR count). The fourth-order valence-electron chi connectivity index (χ4n) is 2.33. The molecule has 0 aliphatic heterocycles. The predicted octanol–water partition coefficient (Wildman–Crippen LogP) is 1.30. The zero-order valence-electron chi connectivity index (χ0n) is 8.92. The van der Waals surface area contributed by atoms with Crippen LogP contribution in [0.25, 0.3) is 0 Å². The lowest BCUT2D eigenvalue weighted by Crippen LogP contribution is -2.57. The van der Waals surface area contributed by atoms with Gasteiger partial charge in [0.05, 0.1) is 5.66 Å². The number of hydrogen-bond acceptors (Lipinski definition) is 2. The van der Waals surface area contributed by atoms with Crippen LogP contribution in [-0.2, 0) is 4.79 Å². The average Bonchev–Trinajstić information content (AvgIpc) is 2.17. The zero-order valence-corrected chi connectivity index (χ0v) is 8.92. The van der Waals surface area contributed by atoms with Crippen LogP contribution in [0.3, 0.4) is 0 Å². The van der Waals surface area contributed by atoms with Gasteiger partial charge in [-0.25, -0.2) is 0 Å². The maximum atomic E-state index is 10.8. The molecule has 0 bridgehead atoms. The van der Waals surface area contributed by atoms with Crippen molar-refractivity contribution in [1.82, 2.24) is 9.80 Å². The predicted molar refractivity (Wildman–Crippen MR) is 53.3 cm³/mol. The Labute approximate surface area is 80.7 Å². The molecule has 1 aliphatic rings. The molecular weight excluding hydrogens is 164 g/mol. The molecule has 0 unspecified atom stereocenters. The summed E-state index contributed by atoms with van der Waals surface area (Å²) in [5.41, 5.74) is -0.0139. The first-order valence-corrected chi connectivity index (χ1v) is 4.99. The van der Waals surface area contributed by atoms with Crippen molar-refractivity contribution in [2.75, 3.05) is 21.1 Å². The molecule has 1 saturated carbocycles. The van der Waals surface area contributed by atoms with Crippen LogP contribution in [0.1, 0.15) is 32.1 Å². The minimum atomic E-state index is -0.0139. The van der Waals surface area contributed by atoms with Gasteiger partial charge in [-0.1, -0.05) is 6.42 Å². The highest BCUT2D eigenvalue weighted by Crippen LogP contribution is 2.33. The molecule has 0 radical (unpaired) electrons. The summed E-state index contributed by atoms with van der Waals surface area (Å²) < 4.78 is 0. The lowest BCUT2D eigenvalue weighted by Gasteiger charge is -2.47. The van der Waals surface area contributed by atoms with Crippen LogP contribution in [0.15, 0.2) is 0 Å². The maximum absolute atomic E-state index is 10.8. The minimum Gasteiger partial charge on any atom is -0.330 e. The van der Waals surface area contributed by atoms with Gasteiger partial charge in [0, 0.05) is 7.05 Å². The molecule has 0 spiro atoms. The van der Waals surface area contributed by atoms with Gasteiger partial charge >= 0.3 is 0 Å². The van der Waals surface area contributed by atoms with E-state index in [1.807, 2.05) is 11.9 Å². The highest BCUT2D eigenvalue weighted by Gasteiger charge is 2.37. The smallest absolute Gasteiger partial charge is 0.210 e. The van der Waals surface area contributed by atoms with Gasteiger partial charge < -0.3 is 4.90 Å². The largest absolute Gasteiger partial charge is 0.330 e. The Balaban J connectivity index is 2.78. The van der Waals surface area contributed by atoms with Crippen LogP contribution in [0.5, 0.6) is 0 Å². The number of hydrogen-bond donors (Lipinski definition) is 0. The first kappa shape index (κ1) is 10.5. The van der Waals surface area contributed by atoms with Crippen LogP contribution in [0, 0.1) is 0 Å².